The van der Waals surface area contributed by atoms with Crippen molar-refractivity contribution in [2.24, 2.45) is 0 Å². The molecule has 2 aromatic heterocycles. The number of nitrogens with zero attached hydrogens (tertiary/aromatic N) is 3. The lowest BCUT2D eigenvalue weighted by Gasteiger charge is -2.00. The molecule has 6 nitrogen and oxygen atoms in total. The van der Waals surface area contributed by atoms with Crippen molar-refractivity contribution in [3.8, 4) is 34.5 Å². The summed E-state index contributed by atoms with van der Waals surface area (Å²) in [5.74, 6) is 0.423. The lowest BCUT2D eigenvalue weighted by atomic mass is 10.1. The first kappa shape index (κ1) is 13.1. The fourth-order valence-corrected chi connectivity index (χ4v) is 2.10. The van der Waals surface area contributed by atoms with Crippen LogP contribution in [0.2, 0.25) is 0 Å². The van der Waals surface area contributed by atoms with Gasteiger partial charge in [0.25, 0.3) is 5.89 Å². The summed E-state index contributed by atoms with van der Waals surface area (Å²) in [6.07, 6.45) is 1.73. The van der Waals surface area contributed by atoms with Gasteiger partial charge in [-0.15, -0.1) is 0 Å². The van der Waals surface area contributed by atoms with Crippen molar-refractivity contribution in [1.82, 2.24) is 15.1 Å². The summed E-state index contributed by atoms with van der Waals surface area (Å²) in [5.41, 5.74) is 3.08. The minimum Gasteiger partial charge on any atom is -0.508 e. The zero-order valence-electron chi connectivity index (χ0n) is 11.5. The van der Waals surface area contributed by atoms with E-state index in [-0.39, 0.29) is 17.4 Å². The van der Waals surface area contributed by atoms with E-state index in [1.54, 1.807) is 6.20 Å². The van der Waals surface area contributed by atoms with Crippen molar-refractivity contribution in [3.05, 3.63) is 41.6 Å². The molecule has 0 aliphatic heterocycles. The smallest absolute Gasteiger partial charge is 0.258 e. The van der Waals surface area contributed by atoms with Crippen molar-refractivity contribution >= 4 is 0 Å². The van der Waals surface area contributed by atoms with Gasteiger partial charge in [0, 0.05) is 17.8 Å². The molecular weight excluding hydrogens is 270 g/mol. The Kier molecular flexibility index (Phi) is 3.06. The minimum atomic E-state index is -0.0746. The zero-order chi connectivity index (χ0) is 15.0. The number of phenolic OH excluding ortho intramolecular Hbond substituents is 2. The standard InChI is InChI=1S/C15H13N3O3/c1-8-3-9(2)13(16-7-8)14-17-15(21-18-14)10-4-11(19)6-12(20)5-10/h3-7,19-20H,1-2H3. The summed E-state index contributed by atoms with van der Waals surface area (Å²) in [5, 5.41) is 22.9. The lowest BCUT2D eigenvalue weighted by Crippen LogP contribution is -1.91. The fraction of sp³-hybridized carbons (Fsp3) is 0.133. The van der Waals surface area contributed by atoms with Gasteiger partial charge in [0.15, 0.2) is 0 Å². The molecule has 0 saturated carbocycles. The Morgan fingerprint density at radius 1 is 1.00 bits per heavy atom. The highest BCUT2D eigenvalue weighted by Gasteiger charge is 2.14. The van der Waals surface area contributed by atoms with Gasteiger partial charge < -0.3 is 14.7 Å². The molecule has 106 valence electrons. The maximum absolute atomic E-state index is 9.49. The number of rotatable bonds is 2. The molecule has 0 aliphatic carbocycles. The molecule has 0 saturated heterocycles. The van der Waals surface area contributed by atoms with Gasteiger partial charge in [-0.05, 0) is 37.1 Å². The summed E-state index contributed by atoms with van der Waals surface area (Å²) in [4.78, 5) is 8.57. The molecule has 0 radical (unpaired) electrons. The van der Waals surface area contributed by atoms with Crippen LogP contribution in [0.1, 0.15) is 11.1 Å². The summed E-state index contributed by atoms with van der Waals surface area (Å²) in [7, 11) is 0. The molecule has 0 bridgehead atoms. The monoisotopic (exact) mass is 283 g/mol. The minimum absolute atomic E-state index is 0.0746. The first-order chi connectivity index (χ1) is 10.0. The summed E-state index contributed by atoms with van der Waals surface area (Å²) < 4.78 is 5.18. The second kappa shape index (κ2) is 4.90. The van der Waals surface area contributed by atoms with Crippen molar-refractivity contribution in [2.45, 2.75) is 13.8 Å². The molecule has 21 heavy (non-hydrogen) atoms. The van der Waals surface area contributed by atoms with E-state index >= 15 is 0 Å². The molecule has 0 amide bonds. The quantitative estimate of drug-likeness (QED) is 0.751. The molecule has 2 heterocycles. The van der Waals surface area contributed by atoms with E-state index in [9.17, 15) is 10.2 Å². The highest BCUT2D eigenvalue weighted by Crippen LogP contribution is 2.29. The van der Waals surface area contributed by atoms with Gasteiger partial charge >= 0.3 is 0 Å². The van der Waals surface area contributed by atoms with E-state index < -0.39 is 0 Å². The molecule has 0 aliphatic rings. The van der Waals surface area contributed by atoms with Gasteiger partial charge in [-0.2, -0.15) is 4.98 Å². The van der Waals surface area contributed by atoms with Crippen LogP contribution in [0.3, 0.4) is 0 Å². The van der Waals surface area contributed by atoms with E-state index in [1.807, 2.05) is 19.9 Å². The van der Waals surface area contributed by atoms with Gasteiger partial charge in [-0.3, -0.25) is 4.98 Å². The maximum Gasteiger partial charge on any atom is 0.258 e. The maximum atomic E-state index is 9.49. The van der Waals surface area contributed by atoms with Crippen molar-refractivity contribution in [3.63, 3.8) is 0 Å². The van der Waals surface area contributed by atoms with Crippen LogP contribution < -0.4 is 0 Å². The number of aromatic nitrogens is 3. The van der Waals surface area contributed by atoms with Gasteiger partial charge in [-0.1, -0.05) is 11.2 Å². The van der Waals surface area contributed by atoms with Crippen LogP contribution in [0.15, 0.2) is 35.0 Å². The summed E-state index contributed by atoms with van der Waals surface area (Å²) in [6, 6.07) is 6.09. The predicted molar refractivity (Wildman–Crippen MR) is 75.8 cm³/mol. The largest absolute Gasteiger partial charge is 0.508 e. The van der Waals surface area contributed by atoms with E-state index in [0.717, 1.165) is 11.1 Å². The average Bonchev–Trinajstić information content (AvgIpc) is 2.87. The first-order valence-corrected chi connectivity index (χ1v) is 6.33. The van der Waals surface area contributed by atoms with E-state index in [2.05, 4.69) is 15.1 Å². The lowest BCUT2D eigenvalue weighted by molar-refractivity contribution is 0.428. The highest BCUT2D eigenvalue weighted by atomic mass is 16.5. The third-order valence-electron chi connectivity index (χ3n) is 3.00. The third-order valence-corrected chi connectivity index (χ3v) is 3.00. The Bertz CT molecular complexity index is 791. The molecule has 0 fully saturated rings. The number of benzene rings is 1. The van der Waals surface area contributed by atoms with E-state index in [1.165, 1.54) is 18.2 Å². The van der Waals surface area contributed by atoms with Crippen molar-refractivity contribution in [1.29, 1.82) is 0 Å². The molecule has 2 N–H and O–H groups in total. The van der Waals surface area contributed by atoms with Crippen LogP contribution >= 0.6 is 0 Å². The van der Waals surface area contributed by atoms with Crippen LogP contribution in [0.25, 0.3) is 23.0 Å². The van der Waals surface area contributed by atoms with Gasteiger partial charge in [-0.25, -0.2) is 0 Å². The molecular formula is C15H13N3O3. The van der Waals surface area contributed by atoms with Crippen LogP contribution in [-0.2, 0) is 0 Å². The van der Waals surface area contributed by atoms with E-state index in [0.29, 0.717) is 17.1 Å². The SMILES string of the molecule is Cc1cnc(-c2noc(-c3cc(O)cc(O)c3)n2)c(C)c1. The van der Waals surface area contributed by atoms with Crippen LogP contribution in [0, 0.1) is 13.8 Å². The third kappa shape index (κ3) is 2.55. The Morgan fingerprint density at radius 2 is 1.71 bits per heavy atom. The second-order valence-electron chi connectivity index (χ2n) is 4.84. The van der Waals surface area contributed by atoms with Gasteiger partial charge in [0.1, 0.15) is 17.2 Å². The van der Waals surface area contributed by atoms with Gasteiger partial charge in [0.05, 0.1) is 0 Å². The van der Waals surface area contributed by atoms with Crippen LogP contribution in [-0.4, -0.2) is 25.3 Å². The molecule has 3 rings (SSSR count). The van der Waals surface area contributed by atoms with Crippen molar-refractivity contribution in [2.75, 3.05) is 0 Å². The predicted octanol–water partition coefficient (Wildman–Crippen LogP) is 2.83. The number of aromatic hydroxyl groups is 2. The number of phenols is 2. The Morgan fingerprint density at radius 3 is 2.38 bits per heavy atom. The van der Waals surface area contributed by atoms with Crippen LogP contribution in [0.5, 0.6) is 11.5 Å². The molecule has 6 heteroatoms. The summed E-state index contributed by atoms with van der Waals surface area (Å²) in [6.45, 7) is 3.88. The van der Waals surface area contributed by atoms with Gasteiger partial charge in [0.2, 0.25) is 5.82 Å². The number of aryl methyl sites for hydroxylation is 2. The fourth-order valence-electron chi connectivity index (χ4n) is 2.10. The van der Waals surface area contributed by atoms with E-state index in [4.69, 9.17) is 4.52 Å². The molecule has 0 spiro atoms. The molecule has 1 aromatic carbocycles. The first-order valence-electron chi connectivity index (χ1n) is 6.33. The molecule has 0 atom stereocenters. The number of hydrogen-bond donors (Lipinski definition) is 2. The topological polar surface area (TPSA) is 92.3 Å². The van der Waals surface area contributed by atoms with Crippen LogP contribution in [0.4, 0.5) is 0 Å². The Balaban J connectivity index is 2.03. The average molecular weight is 283 g/mol. The Hall–Kier alpha value is -2.89. The normalized spacial score (nSPS) is 10.8. The molecule has 0 unspecified atom stereocenters. The molecule has 3 aromatic rings. The second-order valence-corrected chi connectivity index (χ2v) is 4.84. The number of hydrogen-bond acceptors (Lipinski definition) is 6. The summed E-state index contributed by atoms with van der Waals surface area (Å²) >= 11 is 0. The zero-order valence-corrected chi connectivity index (χ0v) is 11.5. The van der Waals surface area contributed by atoms with Crippen molar-refractivity contribution < 1.29 is 14.7 Å². The number of pyridine rings is 1. The Labute approximate surface area is 120 Å². The highest BCUT2D eigenvalue weighted by molar-refractivity contribution is 5.62.